The smallest absolute Gasteiger partial charge is 0.465 e. The van der Waals surface area contributed by atoms with Crippen LogP contribution in [0.3, 0.4) is 0 Å². The highest BCUT2D eigenvalue weighted by Gasteiger charge is 2.32. The van der Waals surface area contributed by atoms with E-state index in [1.165, 1.54) is 12.0 Å². The predicted octanol–water partition coefficient (Wildman–Crippen LogP) is 3.21. The fourth-order valence-corrected chi connectivity index (χ4v) is 5.22. The first kappa shape index (κ1) is 36.7. The van der Waals surface area contributed by atoms with Crippen molar-refractivity contribution in [1.29, 1.82) is 0 Å². The first-order valence-electron chi connectivity index (χ1n) is 15.0. The van der Waals surface area contributed by atoms with Crippen LogP contribution in [-0.2, 0) is 50.4 Å². The van der Waals surface area contributed by atoms with E-state index < -0.39 is 19.7 Å². The lowest BCUT2D eigenvalue weighted by molar-refractivity contribution is -0.145. The molecule has 46 heavy (non-hydrogen) atoms. The Morgan fingerprint density at radius 1 is 1.04 bits per heavy atom. The summed E-state index contributed by atoms with van der Waals surface area (Å²) in [4.78, 5) is 68.8. The van der Waals surface area contributed by atoms with Crippen molar-refractivity contribution in [2.45, 2.75) is 58.9 Å². The molecule has 16 heteroatoms. The van der Waals surface area contributed by atoms with Gasteiger partial charge in [0.15, 0.2) is 5.78 Å². The number of fused-ring (bicyclic) bond motifs is 1. The number of hydrogen-bond acceptors (Lipinski definition) is 13. The topological polar surface area (TPSA) is 207 Å². The van der Waals surface area contributed by atoms with Crippen LogP contribution in [0.2, 0.25) is 0 Å². The van der Waals surface area contributed by atoms with Gasteiger partial charge in [-0.3, -0.25) is 33.1 Å². The summed E-state index contributed by atoms with van der Waals surface area (Å²) in [7, 11) is -2.93. The molecule has 1 aliphatic rings. The van der Waals surface area contributed by atoms with Gasteiger partial charge in [-0.1, -0.05) is 38.1 Å². The minimum Gasteiger partial charge on any atom is -0.465 e. The lowest BCUT2D eigenvalue weighted by Gasteiger charge is -2.18. The largest absolute Gasteiger partial charge is 0.472 e. The number of esters is 1. The van der Waals surface area contributed by atoms with Crippen molar-refractivity contribution in [3.63, 3.8) is 0 Å². The zero-order valence-corrected chi connectivity index (χ0v) is 27.2. The number of phosphoric ester groups is 1. The third-order valence-electron chi connectivity index (χ3n) is 6.97. The number of amides is 1. The Morgan fingerprint density at radius 2 is 1.78 bits per heavy atom. The summed E-state index contributed by atoms with van der Waals surface area (Å²) >= 11 is 0. The first-order chi connectivity index (χ1) is 22.0. The zero-order valence-electron chi connectivity index (χ0n) is 26.3. The van der Waals surface area contributed by atoms with Gasteiger partial charge in [-0.2, -0.15) is 9.97 Å². The number of benzene rings is 1. The normalized spacial score (nSPS) is 14.4. The maximum atomic E-state index is 12.7. The monoisotopic (exact) mass is 664 g/mol. The molecule has 15 nitrogen and oxygen atoms in total. The summed E-state index contributed by atoms with van der Waals surface area (Å²) < 4.78 is 37.9. The number of nitrogen functional groups attached to an aromatic ring is 1. The third-order valence-corrected chi connectivity index (χ3v) is 7.96. The molecule has 0 saturated carbocycles. The minimum absolute atomic E-state index is 0.0244. The maximum Gasteiger partial charge on any atom is 0.472 e. The Labute approximate surface area is 267 Å². The molecule has 3 N–H and O–H groups in total. The second-order valence-electron chi connectivity index (χ2n) is 10.5. The Kier molecular flexibility index (Phi) is 14.2. The highest BCUT2D eigenvalue weighted by Crippen LogP contribution is 2.44. The molecule has 0 bridgehead atoms. The average Bonchev–Trinajstić information content (AvgIpc) is 3.35. The summed E-state index contributed by atoms with van der Waals surface area (Å²) in [5.41, 5.74) is 7.74. The summed E-state index contributed by atoms with van der Waals surface area (Å²) in [6.07, 6.45) is 0.712. The molecule has 0 fully saturated rings. The zero-order chi connectivity index (χ0) is 33.7. The SMILES string of the molecule is CCC(=O)CC(COC(=O)CC)COP(=O)(O)OCCCC(=O)c1ccc(CN2C(=O)Cc3c(N)nc(OCCOC)nc32)cc1. The number of Topliss-reactive ketones (excluding diaryl/α,β-unsaturated/α-hetero) is 2. The van der Waals surface area contributed by atoms with Crippen LogP contribution in [0.4, 0.5) is 11.6 Å². The van der Waals surface area contributed by atoms with E-state index in [2.05, 4.69) is 9.97 Å². The third kappa shape index (κ3) is 11.2. The molecule has 2 heterocycles. The van der Waals surface area contributed by atoms with Crippen LogP contribution in [0.5, 0.6) is 6.01 Å². The van der Waals surface area contributed by atoms with Crippen LogP contribution in [-0.4, -0.2) is 78.4 Å². The molecule has 0 aliphatic carbocycles. The van der Waals surface area contributed by atoms with E-state index >= 15 is 0 Å². The molecule has 3 rings (SSSR count). The van der Waals surface area contributed by atoms with Crippen molar-refractivity contribution in [3.8, 4) is 6.01 Å². The van der Waals surface area contributed by atoms with Crippen molar-refractivity contribution in [3.05, 3.63) is 41.0 Å². The lowest BCUT2D eigenvalue weighted by Crippen LogP contribution is -2.26. The van der Waals surface area contributed by atoms with Gasteiger partial charge in [0.1, 0.15) is 24.0 Å². The molecular weight excluding hydrogens is 623 g/mol. The van der Waals surface area contributed by atoms with Crippen LogP contribution in [0.1, 0.15) is 67.4 Å². The van der Waals surface area contributed by atoms with Crippen molar-refractivity contribution >= 4 is 42.9 Å². The van der Waals surface area contributed by atoms with E-state index in [9.17, 15) is 28.6 Å². The van der Waals surface area contributed by atoms with Gasteiger partial charge in [0.05, 0.1) is 39.4 Å². The number of nitrogens with zero attached hydrogens (tertiary/aromatic N) is 3. The molecule has 252 valence electrons. The average molecular weight is 665 g/mol. The highest BCUT2D eigenvalue weighted by molar-refractivity contribution is 7.47. The molecule has 1 aromatic heterocycles. The van der Waals surface area contributed by atoms with E-state index in [4.69, 9.17) is 29.0 Å². The van der Waals surface area contributed by atoms with Crippen LogP contribution in [0.25, 0.3) is 0 Å². The van der Waals surface area contributed by atoms with Gasteiger partial charge in [0.25, 0.3) is 0 Å². The molecule has 0 radical (unpaired) electrons. The molecule has 0 saturated heterocycles. The Bertz CT molecular complexity index is 1420. The number of anilines is 2. The molecule has 1 aromatic carbocycles. The fourth-order valence-electron chi connectivity index (χ4n) is 4.39. The van der Waals surface area contributed by atoms with E-state index in [0.717, 1.165) is 5.56 Å². The van der Waals surface area contributed by atoms with E-state index in [1.54, 1.807) is 38.1 Å². The Hall–Kier alpha value is -3.75. The predicted molar refractivity (Wildman–Crippen MR) is 165 cm³/mol. The van der Waals surface area contributed by atoms with E-state index in [0.29, 0.717) is 23.6 Å². The number of ether oxygens (including phenoxy) is 3. The van der Waals surface area contributed by atoms with Gasteiger partial charge < -0.3 is 24.8 Å². The molecule has 2 aromatic rings. The van der Waals surface area contributed by atoms with E-state index in [-0.39, 0.29) is 101 Å². The summed E-state index contributed by atoms with van der Waals surface area (Å²) in [6.45, 7) is 3.40. The molecule has 2 atom stereocenters. The highest BCUT2D eigenvalue weighted by atomic mass is 31.2. The van der Waals surface area contributed by atoms with Crippen LogP contribution in [0.15, 0.2) is 24.3 Å². The first-order valence-corrected chi connectivity index (χ1v) is 16.5. The number of carbonyl (C=O) groups is 4. The number of aromatic nitrogens is 2. The molecule has 1 amide bonds. The van der Waals surface area contributed by atoms with Crippen molar-refractivity contribution in [2.24, 2.45) is 5.92 Å². The summed E-state index contributed by atoms with van der Waals surface area (Å²) in [6, 6.07) is 6.77. The summed E-state index contributed by atoms with van der Waals surface area (Å²) in [5.74, 6) is -1.01. The number of ketones is 2. The number of rotatable bonds is 21. The van der Waals surface area contributed by atoms with Crippen molar-refractivity contribution in [1.82, 2.24) is 9.97 Å². The molecule has 2 unspecified atom stereocenters. The Balaban J connectivity index is 1.48. The Morgan fingerprint density at radius 3 is 2.46 bits per heavy atom. The second kappa shape index (κ2) is 17.8. The van der Waals surface area contributed by atoms with Gasteiger partial charge in [-0.15, -0.1) is 0 Å². The molecule has 0 spiro atoms. The number of hydrogen-bond donors (Lipinski definition) is 2. The van der Waals surface area contributed by atoms with Gasteiger partial charge >= 0.3 is 19.8 Å². The minimum atomic E-state index is -4.47. The quantitative estimate of drug-likeness (QED) is 0.0851. The fraction of sp³-hybridized carbons (Fsp3) is 0.533. The second-order valence-corrected chi connectivity index (χ2v) is 12.0. The van der Waals surface area contributed by atoms with Crippen LogP contribution < -0.4 is 15.4 Å². The maximum absolute atomic E-state index is 12.7. The lowest BCUT2D eigenvalue weighted by atomic mass is 10.0. The molecular formula is C30H41N4O11P. The van der Waals surface area contributed by atoms with Gasteiger partial charge in [0.2, 0.25) is 5.91 Å². The van der Waals surface area contributed by atoms with Gasteiger partial charge in [0, 0.05) is 49.8 Å². The summed E-state index contributed by atoms with van der Waals surface area (Å²) in [5, 5.41) is 0. The van der Waals surface area contributed by atoms with E-state index in [1.807, 2.05) is 0 Å². The van der Waals surface area contributed by atoms with Crippen LogP contribution in [0, 0.1) is 5.92 Å². The number of phosphoric acid groups is 1. The number of carbonyl (C=O) groups excluding carboxylic acids is 4. The van der Waals surface area contributed by atoms with Gasteiger partial charge in [-0.05, 0) is 12.0 Å². The van der Waals surface area contributed by atoms with Crippen molar-refractivity contribution < 1.29 is 51.9 Å². The number of nitrogens with two attached hydrogens (primary N) is 1. The number of methoxy groups -OCH3 is 1. The van der Waals surface area contributed by atoms with Gasteiger partial charge in [-0.25, -0.2) is 4.57 Å². The van der Waals surface area contributed by atoms with Crippen LogP contribution >= 0.6 is 7.82 Å². The van der Waals surface area contributed by atoms with Crippen molar-refractivity contribution in [2.75, 3.05) is 50.8 Å². The standard InChI is InChI=1S/C30H41N4O11P/c1-4-23(35)15-21(18-43-27(38)5-2)19-45-46(39,40)44-12-6-7-25(36)22-10-8-20(9-11-22)17-34-26(37)16-24-28(31)32-30(33-29(24)34)42-14-13-41-3/h8-11,21H,4-7,12-19H2,1-3H3,(H,39,40)(H2,31,32,33). The molecule has 1 aliphatic heterocycles.